The fraction of sp³-hybridized carbons (Fsp3) is 0.0435. The molecule has 29 heavy (non-hydrogen) atoms. The van der Waals surface area contributed by atoms with Gasteiger partial charge in [-0.2, -0.15) is 5.26 Å². The highest BCUT2D eigenvalue weighted by molar-refractivity contribution is 6.04. The molecular formula is C23H15N5O. The van der Waals surface area contributed by atoms with Crippen molar-refractivity contribution in [1.82, 2.24) is 20.2 Å². The van der Waals surface area contributed by atoms with Crippen molar-refractivity contribution in [2.24, 2.45) is 0 Å². The van der Waals surface area contributed by atoms with Gasteiger partial charge in [-0.1, -0.05) is 24.3 Å². The molecule has 0 aliphatic heterocycles. The van der Waals surface area contributed by atoms with Gasteiger partial charge in [0.25, 0.3) is 0 Å². The zero-order valence-corrected chi connectivity index (χ0v) is 15.5. The Kier molecular flexibility index (Phi) is 3.92. The molecule has 0 aliphatic carbocycles. The zero-order valence-electron chi connectivity index (χ0n) is 15.5. The van der Waals surface area contributed by atoms with Gasteiger partial charge in [0.2, 0.25) is 11.8 Å². The smallest absolute Gasteiger partial charge is 0.247 e. The molecule has 0 saturated heterocycles. The van der Waals surface area contributed by atoms with Gasteiger partial charge in [-0.25, -0.2) is 4.98 Å². The van der Waals surface area contributed by atoms with Gasteiger partial charge >= 0.3 is 0 Å². The number of aromatic nitrogens is 4. The van der Waals surface area contributed by atoms with Crippen LogP contribution in [0.1, 0.15) is 11.5 Å². The summed E-state index contributed by atoms with van der Waals surface area (Å²) in [5.74, 6) is 1.02. The molecule has 0 atom stereocenters. The van der Waals surface area contributed by atoms with E-state index < -0.39 is 0 Å². The second kappa shape index (κ2) is 6.73. The summed E-state index contributed by atoms with van der Waals surface area (Å²) in [5.41, 5.74) is 6.29. The van der Waals surface area contributed by atoms with Crippen LogP contribution < -0.4 is 0 Å². The van der Waals surface area contributed by atoms with Crippen molar-refractivity contribution in [3.05, 3.63) is 78.4 Å². The molecular weight excluding hydrogens is 362 g/mol. The van der Waals surface area contributed by atoms with E-state index in [0.29, 0.717) is 17.3 Å². The Labute approximate surface area is 166 Å². The van der Waals surface area contributed by atoms with Crippen molar-refractivity contribution in [3.8, 4) is 39.8 Å². The first-order valence-electron chi connectivity index (χ1n) is 9.10. The summed E-state index contributed by atoms with van der Waals surface area (Å²) < 4.78 is 5.58. The molecule has 0 aliphatic rings. The Morgan fingerprint density at radius 3 is 2.52 bits per heavy atom. The first-order valence-corrected chi connectivity index (χ1v) is 9.10. The summed E-state index contributed by atoms with van der Waals surface area (Å²) in [6.07, 6.45) is 3.72. The van der Waals surface area contributed by atoms with Gasteiger partial charge < -0.3 is 9.40 Å². The molecule has 3 aromatic heterocycles. The van der Waals surface area contributed by atoms with Gasteiger partial charge in [0, 0.05) is 35.8 Å². The van der Waals surface area contributed by atoms with Crippen molar-refractivity contribution < 1.29 is 4.42 Å². The lowest BCUT2D eigenvalue weighted by Gasteiger charge is -2.08. The lowest BCUT2D eigenvalue weighted by atomic mass is 9.96. The van der Waals surface area contributed by atoms with Crippen molar-refractivity contribution in [1.29, 1.82) is 5.26 Å². The highest BCUT2D eigenvalue weighted by atomic mass is 16.4. The molecule has 1 N–H and O–H groups in total. The van der Waals surface area contributed by atoms with E-state index in [1.165, 1.54) is 0 Å². The molecule has 6 heteroatoms. The molecule has 6 nitrogen and oxygen atoms in total. The molecule has 0 radical (unpaired) electrons. The first kappa shape index (κ1) is 16.9. The van der Waals surface area contributed by atoms with Crippen molar-refractivity contribution in [3.63, 3.8) is 0 Å². The molecule has 0 spiro atoms. The van der Waals surface area contributed by atoms with Crippen molar-refractivity contribution >= 4 is 11.0 Å². The first-order chi connectivity index (χ1) is 14.2. The number of fused-ring (bicyclic) bond motifs is 1. The largest absolute Gasteiger partial charge is 0.421 e. The van der Waals surface area contributed by atoms with E-state index in [1.54, 1.807) is 19.2 Å². The summed E-state index contributed by atoms with van der Waals surface area (Å²) in [6.45, 7) is 1.77. The van der Waals surface area contributed by atoms with Crippen LogP contribution in [0.3, 0.4) is 0 Å². The number of nitrogens with one attached hydrogen (secondary N) is 1. The van der Waals surface area contributed by atoms with E-state index in [0.717, 1.165) is 38.9 Å². The third-order valence-corrected chi connectivity index (χ3v) is 4.82. The van der Waals surface area contributed by atoms with Gasteiger partial charge in [0.15, 0.2) is 0 Å². The summed E-state index contributed by atoms with van der Waals surface area (Å²) in [6, 6.07) is 19.8. The average Bonchev–Trinajstić information content (AvgIpc) is 3.40. The summed E-state index contributed by atoms with van der Waals surface area (Å²) >= 11 is 0. The molecule has 0 saturated carbocycles. The number of hydrogen-bond acceptors (Lipinski definition) is 5. The fourth-order valence-corrected chi connectivity index (χ4v) is 3.51. The third kappa shape index (κ3) is 2.95. The highest BCUT2D eigenvalue weighted by Crippen LogP contribution is 2.36. The second-order valence-corrected chi connectivity index (χ2v) is 6.68. The molecule has 5 aromatic rings. The van der Waals surface area contributed by atoms with E-state index in [4.69, 9.17) is 4.42 Å². The summed E-state index contributed by atoms with van der Waals surface area (Å²) in [5, 5.41) is 18.3. The van der Waals surface area contributed by atoms with Gasteiger partial charge in [0.1, 0.15) is 5.65 Å². The van der Waals surface area contributed by atoms with Crippen LogP contribution in [-0.2, 0) is 0 Å². The number of aryl methyl sites for hydroxylation is 1. The Morgan fingerprint density at radius 1 is 0.931 bits per heavy atom. The van der Waals surface area contributed by atoms with Crippen LogP contribution in [-0.4, -0.2) is 20.2 Å². The maximum Gasteiger partial charge on any atom is 0.247 e. The van der Waals surface area contributed by atoms with Crippen LogP contribution in [0.5, 0.6) is 0 Å². The molecule has 0 unspecified atom stereocenters. The second-order valence-electron chi connectivity index (χ2n) is 6.68. The monoisotopic (exact) mass is 377 g/mol. The van der Waals surface area contributed by atoms with Crippen LogP contribution in [0, 0.1) is 18.3 Å². The summed E-state index contributed by atoms with van der Waals surface area (Å²) in [4.78, 5) is 7.73. The Bertz CT molecular complexity index is 1390. The highest BCUT2D eigenvalue weighted by Gasteiger charge is 2.14. The average molecular weight is 377 g/mol. The topological polar surface area (TPSA) is 91.4 Å². The van der Waals surface area contributed by atoms with E-state index >= 15 is 0 Å². The Morgan fingerprint density at radius 2 is 1.72 bits per heavy atom. The number of nitriles is 1. The maximum absolute atomic E-state index is 9.26. The molecule has 3 heterocycles. The van der Waals surface area contributed by atoms with Crippen molar-refractivity contribution in [2.75, 3.05) is 0 Å². The minimum absolute atomic E-state index is 0.491. The number of hydrogen-bond donors (Lipinski definition) is 1. The number of rotatable bonds is 3. The fourth-order valence-electron chi connectivity index (χ4n) is 3.51. The van der Waals surface area contributed by atoms with E-state index in [9.17, 15) is 5.26 Å². The predicted octanol–water partition coefficient (Wildman–Crippen LogP) is 5.13. The Hall–Kier alpha value is -4.24. The minimum Gasteiger partial charge on any atom is -0.421 e. The molecule has 138 valence electrons. The maximum atomic E-state index is 9.26. The molecule has 2 aromatic carbocycles. The number of nitrogens with zero attached hydrogens (tertiary/aromatic N) is 4. The van der Waals surface area contributed by atoms with E-state index in [2.05, 4.69) is 26.2 Å². The molecule has 0 bridgehead atoms. The van der Waals surface area contributed by atoms with Gasteiger partial charge in [-0.05, 0) is 47.0 Å². The molecule has 5 rings (SSSR count). The van der Waals surface area contributed by atoms with Crippen molar-refractivity contribution in [2.45, 2.75) is 6.92 Å². The lowest BCUT2D eigenvalue weighted by molar-refractivity contribution is 0.533. The van der Waals surface area contributed by atoms with Crippen LogP contribution in [0.15, 0.2) is 71.4 Å². The standard InChI is InChI=1S/C23H15N5O/c1-14-27-28-23(29-14)18-7-3-6-17(11-18)19-8-9-25-22-21(19)20(13-26-22)16-5-2-4-15(10-16)12-24/h2-11,13H,1H3,(H,25,26). The van der Waals surface area contributed by atoms with E-state index in [1.807, 2.05) is 54.7 Å². The van der Waals surface area contributed by atoms with Gasteiger partial charge in [0.05, 0.1) is 11.6 Å². The predicted molar refractivity (Wildman–Crippen MR) is 110 cm³/mol. The van der Waals surface area contributed by atoms with Gasteiger partial charge in [-0.3, -0.25) is 0 Å². The number of pyridine rings is 1. The van der Waals surface area contributed by atoms with Crippen LogP contribution >= 0.6 is 0 Å². The summed E-state index contributed by atoms with van der Waals surface area (Å²) in [7, 11) is 0. The third-order valence-electron chi connectivity index (χ3n) is 4.82. The van der Waals surface area contributed by atoms with Gasteiger partial charge in [-0.15, -0.1) is 10.2 Å². The number of H-pyrrole nitrogens is 1. The molecule has 0 amide bonds. The normalized spacial score (nSPS) is 10.9. The number of benzene rings is 2. The Balaban J connectivity index is 1.70. The number of aromatic amines is 1. The minimum atomic E-state index is 0.491. The quantitative estimate of drug-likeness (QED) is 0.471. The van der Waals surface area contributed by atoms with E-state index in [-0.39, 0.29) is 0 Å². The lowest BCUT2D eigenvalue weighted by Crippen LogP contribution is -1.86. The van der Waals surface area contributed by atoms with Crippen LogP contribution in [0.2, 0.25) is 0 Å². The van der Waals surface area contributed by atoms with Crippen LogP contribution in [0.4, 0.5) is 0 Å². The zero-order chi connectivity index (χ0) is 19.8. The van der Waals surface area contributed by atoms with Crippen LogP contribution in [0.25, 0.3) is 44.7 Å². The molecule has 0 fully saturated rings. The SMILES string of the molecule is Cc1nnc(-c2cccc(-c3ccnc4[nH]cc(-c5cccc(C#N)c5)c34)c2)o1.